The Kier molecular flexibility index (Phi) is 7.30. The molecule has 0 aliphatic heterocycles. The molecule has 0 saturated carbocycles. The van der Waals surface area contributed by atoms with Crippen LogP contribution in [0.25, 0.3) is 10.8 Å². The maximum atomic E-state index is 11.2. The molecule has 0 fully saturated rings. The summed E-state index contributed by atoms with van der Waals surface area (Å²) in [5, 5.41) is 2.39. The summed E-state index contributed by atoms with van der Waals surface area (Å²) in [6.07, 6.45) is 1.50. The first kappa shape index (κ1) is 18.0. The second-order valence-electron chi connectivity index (χ2n) is 5.59. The van der Waals surface area contributed by atoms with Crippen LogP contribution in [0, 0.1) is 0 Å². The van der Waals surface area contributed by atoms with Crippen LogP contribution in [0.3, 0.4) is 0 Å². The van der Waals surface area contributed by atoms with Gasteiger partial charge < -0.3 is 14.2 Å². The molecule has 0 radical (unpaired) electrons. The van der Waals surface area contributed by atoms with Gasteiger partial charge in [-0.1, -0.05) is 36.9 Å². The van der Waals surface area contributed by atoms with E-state index in [4.69, 9.17) is 14.2 Å². The molecule has 0 atom stereocenters. The predicted molar refractivity (Wildman–Crippen MR) is 95.3 cm³/mol. The number of esters is 1. The van der Waals surface area contributed by atoms with E-state index in [0.29, 0.717) is 38.4 Å². The highest BCUT2D eigenvalue weighted by molar-refractivity contribution is 5.86. The summed E-state index contributed by atoms with van der Waals surface area (Å²) in [6, 6.07) is 14.3. The number of rotatable bonds is 10. The smallest absolute Gasteiger partial charge is 0.333 e. The second kappa shape index (κ2) is 9.73. The SMILES string of the molecule is C=C(C)C(=O)OCCCOCCCOc1ccc2ccccc2c1. The molecule has 2 aromatic rings. The maximum absolute atomic E-state index is 11.2. The van der Waals surface area contributed by atoms with E-state index in [0.717, 1.165) is 12.2 Å². The molecule has 4 nitrogen and oxygen atoms in total. The summed E-state index contributed by atoms with van der Waals surface area (Å²) in [5.41, 5.74) is 0.418. The highest BCUT2D eigenvalue weighted by Gasteiger charge is 2.02. The third kappa shape index (κ3) is 6.05. The van der Waals surface area contributed by atoms with E-state index in [-0.39, 0.29) is 5.97 Å². The van der Waals surface area contributed by atoms with Crippen molar-refractivity contribution in [3.63, 3.8) is 0 Å². The van der Waals surface area contributed by atoms with Gasteiger partial charge in [-0.25, -0.2) is 4.79 Å². The van der Waals surface area contributed by atoms with Gasteiger partial charge in [0, 0.05) is 31.6 Å². The Balaban J connectivity index is 1.53. The Morgan fingerprint density at radius 3 is 2.42 bits per heavy atom. The lowest BCUT2D eigenvalue weighted by Gasteiger charge is -2.08. The minimum Gasteiger partial charge on any atom is -0.493 e. The average Bonchev–Trinajstić information content (AvgIpc) is 2.59. The van der Waals surface area contributed by atoms with Gasteiger partial charge in [-0.2, -0.15) is 0 Å². The Labute approximate surface area is 143 Å². The summed E-state index contributed by atoms with van der Waals surface area (Å²) in [5.74, 6) is 0.527. The van der Waals surface area contributed by atoms with Crippen LogP contribution in [0.15, 0.2) is 54.6 Å². The van der Waals surface area contributed by atoms with Gasteiger partial charge in [0.25, 0.3) is 0 Å². The molecule has 0 unspecified atom stereocenters. The lowest BCUT2D eigenvalue weighted by Crippen LogP contribution is -2.09. The third-order valence-electron chi connectivity index (χ3n) is 3.44. The van der Waals surface area contributed by atoms with E-state index >= 15 is 0 Å². The maximum Gasteiger partial charge on any atom is 0.333 e. The van der Waals surface area contributed by atoms with Gasteiger partial charge in [-0.3, -0.25) is 0 Å². The minimum absolute atomic E-state index is 0.348. The zero-order valence-electron chi connectivity index (χ0n) is 14.1. The average molecular weight is 328 g/mol. The van der Waals surface area contributed by atoms with Crippen LogP contribution in [0.5, 0.6) is 5.75 Å². The van der Waals surface area contributed by atoms with Gasteiger partial charge in [0.15, 0.2) is 0 Å². The number of hydrogen-bond donors (Lipinski definition) is 0. The summed E-state index contributed by atoms with van der Waals surface area (Å²) >= 11 is 0. The lowest BCUT2D eigenvalue weighted by atomic mass is 10.1. The first-order valence-corrected chi connectivity index (χ1v) is 8.19. The quantitative estimate of drug-likeness (QED) is 0.374. The van der Waals surface area contributed by atoms with Crippen molar-refractivity contribution >= 4 is 16.7 Å². The molecule has 0 amide bonds. The molecule has 2 aromatic carbocycles. The van der Waals surface area contributed by atoms with Crippen molar-refractivity contribution < 1.29 is 19.0 Å². The van der Waals surface area contributed by atoms with Crippen molar-refractivity contribution in [3.05, 3.63) is 54.6 Å². The van der Waals surface area contributed by atoms with E-state index < -0.39 is 0 Å². The van der Waals surface area contributed by atoms with Crippen LogP contribution >= 0.6 is 0 Å². The second-order valence-corrected chi connectivity index (χ2v) is 5.59. The van der Waals surface area contributed by atoms with Crippen LogP contribution in [0.2, 0.25) is 0 Å². The van der Waals surface area contributed by atoms with Crippen molar-refractivity contribution in [2.24, 2.45) is 0 Å². The third-order valence-corrected chi connectivity index (χ3v) is 3.44. The van der Waals surface area contributed by atoms with Crippen molar-refractivity contribution in [1.29, 1.82) is 0 Å². The highest BCUT2D eigenvalue weighted by atomic mass is 16.5. The van der Waals surface area contributed by atoms with Crippen molar-refractivity contribution in [2.75, 3.05) is 26.4 Å². The molecule has 2 rings (SSSR count). The first-order chi connectivity index (χ1) is 11.7. The van der Waals surface area contributed by atoms with Gasteiger partial charge >= 0.3 is 5.97 Å². The predicted octanol–water partition coefficient (Wildman–Crippen LogP) is 4.13. The molecule has 0 N–H and O–H groups in total. The summed E-state index contributed by atoms with van der Waals surface area (Å²) < 4.78 is 16.2. The lowest BCUT2D eigenvalue weighted by molar-refractivity contribution is -0.139. The normalized spacial score (nSPS) is 10.5. The number of carbonyl (C=O) groups is 1. The fraction of sp³-hybridized carbons (Fsp3) is 0.350. The summed E-state index contributed by atoms with van der Waals surface area (Å²) in [4.78, 5) is 11.2. The van der Waals surface area contributed by atoms with Crippen LogP contribution in [-0.2, 0) is 14.3 Å². The van der Waals surface area contributed by atoms with Gasteiger partial charge in [0.1, 0.15) is 5.75 Å². The molecule has 0 aliphatic carbocycles. The number of benzene rings is 2. The number of fused-ring (bicyclic) bond motifs is 1. The number of hydrogen-bond acceptors (Lipinski definition) is 4. The Morgan fingerprint density at radius 2 is 1.67 bits per heavy atom. The molecule has 0 heterocycles. The highest BCUT2D eigenvalue weighted by Crippen LogP contribution is 2.20. The molecule has 0 bridgehead atoms. The summed E-state index contributed by atoms with van der Waals surface area (Å²) in [6.45, 7) is 7.33. The molecule has 0 aliphatic rings. The van der Waals surface area contributed by atoms with Crippen LogP contribution in [0.4, 0.5) is 0 Å². The largest absolute Gasteiger partial charge is 0.493 e. The molecular formula is C20H24O4. The monoisotopic (exact) mass is 328 g/mol. The van der Waals surface area contributed by atoms with E-state index in [1.165, 1.54) is 10.8 Å². The molecule has 0 spiro atoms. The molecule has 24 heavy (non-hydrogen) atoms. The fourth-order valence-electron chi connectivity index (χ4n) is 2.16. The Bertz CT molecular complexity index is 678. The van der Waals surface area contributed by atoms with Crippen molar-refractivity contribution in [1.82, 2.24) is 0 Å². The van der Waals surface area contributed by atoms with Gasteiger partial charge in [-0.15, -0.1) is 0 Å². The minimum atomic E-state index is -0.348. The standard InChI is InChI=1S/C20H24O4/c1-16(2)20(21)24-14-6-12-22-11-5-13-23-19-10-9-17-7-3-4-8-18(17)15-19/h3-4,7-10,15H,1,5-6,11-14H2,2H3. The zero-order chi connectivity index (χ0) is 17.2. The van der Waals surface area contributed by atoms with E-state index in [2.05, 4.69) is 24.8 Å². The Hall–Kier alpha value is -2.33. The Morgan fingerprint density at radius 1 is 0.958 bits per heavy atom. The summed E-state index contributed by atoms with van der Waals surface area (Å²) in [7, 11) is 0. The molecule has 0 saturated heterocycles. The van der Waals surface area contributed by atoms with Gasteiger partial charge in [0.2, 0.25) is 0 Å². The first-order valence-electron chi connectivity index (χ1n) is 8.19. The van der Waals surface area contributed by atoms with Crippen molar-refractivity contribution in [2.45, 2.75) is 19.8 Å². The van der Waals surface area contributed by atoms with Gasteiger partial charge in [0.05, 0.1) is 13.2 Å². The molecule has 128 valence electrons. The van der Waals surface area contributed by atoms with E-state index in [1.54, 1.807) is 6.92 Å². The van der Waals surface area contributed by atoms with E-state index in [9.17, 15) is 4.79 Å². The number of carbonyl (C=O) groups excluding carboxylic acids is 1. The topological polar surface area (TPSA) is 44.8 Å². The van der Waals surface area contributed by atoms with E-state index in [1.807, 2.05) is 24.3 Å². The molecule has 4 heteroatoms. The van der Waals surface area contributed by atoms with Crippen molar-refractivity contribution in [3.8, 4) is 5.75 Å². The molecule has 0 aromatic heterocycles. The number of ether oxygens (including phenoxy) is 3. The molecular weight excluding hydrogens is 304 g/mol. The van der Waals surface area contributed by atoms with Crippen LogP contribution < -0.4 is 4.74 Å². The van der Waals surface area contributed by atoms with Crippen LogP contribution in [-0.4, -0.2) is 32.4 Å². The fourth-order valence-corrected chi connectivity index (χ4v) is 2.16. The van der Waals surface area contributed by atoms with Crippen LogP contribution in [0.1, 0.15) is 19.8 Å². The zero-order valence-corrected chi connectivity index (χ0v) is 14.1. The van der Waals surface area contributed by atoms with Gasteiger partial charge in [-0.05, 0) is 29.8 Å².